The zero-order valence-electron chi connectivity index (χ0n) is 20.2. The number of nitrogens with one attached hydrogen (secondary N) is 2. The first-order valence-corrected chi connectivity index (χ1v) is 12.8. The van der Waals surface area contributed by atoms with Crippen LogP contribution in [0.25, 0.3) is 10.9 Å². The Labute approximate surface area is 201 Å². The molecular formula is C26H35N5OS. The topological polar surface area (TPSA) is 60.5 Å². The second-order valence-corrected chi connectivity index (χ2v) is 11.6. The highest BCUT2D eigenvalue weighted by atomic mass is 32.2. The lowest BCUT2D eigenvalue weighted by molar-refractivity contribution is -0.120. The zero-order valence-corrected chi connectivity index (χ0v) is 21.0. The van der Waals surface area contributed by atoms with Crippen molar-refractivity contribution < 1.29 is 4.79 Å². The summed E-state index contributed by atoms with van der Waals surface area (Å²) < 4.78 is 3.63. The van der Waals surface area contributed by atoms with Gasteiger partial charge in [0.25, 0.3) is 0 Å². The quantitative estimate of drug-likeness (QED) is 0.551. The van der Waals surface area contributed by atoms with Gasteiger partial charge in [-0.2, -0.15) is 0 Å². The lowest BCUT2D eigenvalue weighted by Crippen LogP contribution is -2.51. The van der Waals surface area contributed by atoms with Crippen molar-refractivity contribution >= 4 is 40.3 Å². The molecule has 3 fully saturated rings. The van der Waals surface area contributed by atoms with Crippen LogP contribution in [0.4, 0.5) is 11.5 Å². The van der Waals surface area contributed by atoms with E-state index in [-0.39, 0.29) is 16.9 Å². The number of carbonyl (C=O) groups excluding carboxylic acids is 1. The number of allylic oxidation sites excluding steroid dienone is 1. The van der Waals surface area contributed by atoms with Gasteiger partial charge < -0.3 is 15.1 Å². The minimum Gasteiger partial charge on any atom is -0.369 e. The molecule has 1 aliphatic heterocycles. The average molecular weight is 466 g/mol. The Bertz CT molecular complexity index is 1110. The summed E-state index contributed by atoms with van der Waals surface area (Å²) >= 11 is 1.69. The summed E-state index contributed by atoms with van der Waals surface area (Å²) in [5.41, 5.74) is 3.29. The molecule has 5 rings (SSSR count). The van der Waals surface area contributed by atoms with Crippen LogP contribution in [0.15, 0.2) is 41.4 Å². The fraction of sp³-hybridized carbons (Fsp3) is 0.538. The van der Waals surface area contributed by atoms with Crippen molar-refractivity contribution in [2.24, 2.45) is 5.41 Å². The van der Waals surface area contributed by atoms with Gasteiger partial charge in [-0.25, -0.2) is 4.98 Å². The molecule has 0 unspecified atom stereocenters. The smallest absolute Gasteiger partial charge is 0.231 e. The molecule has 1 saturated heterocycles. The Morgan fingerprint density at radius 2 is 1.94 bits per heavy atom. The average Bonchev–Trinajstić information content (AvgIpc) is 3.70. The molecule has 2 N–H and O–H groups in total. The van der Waals surface area contributed by atoms with E-state index >= 15 is 0 Å². The first-order chi connectivity index (χ1) is 15.7. The second-order valence-electron chi connectivity index (χ2n) is 10.7. The van der Waals surface area contributed by atoms with Gasteiger partial charge in [0.1, 0.15) is 5.82 Å². The highest BCUT2D eigenvalue weighted by Gasteiger charge is 2.45. The predicted molar refractivity (Wildman–Crippen MR) is 138 cm³/mol. The number of pyridine rings is 1. The summed E-state index contributed by atoms with van der Waals surface area (Å²) in [6.07, 6.45) is 4.34. The van der Waals surface area contributed by atoms with Gasteiger partial charge in [-0.05, 0) is 82.7 Å². The van der Waals surface area contributed by atoms with E-state index in [4.69, 9.17) is 4.98 Å². The van der Waals surface area contributed by atoms with Crippen molar-refractivity contribution in [2.75, 3.05) is 29.9 Å². The van der Waals surface area contributed by atoms with Crippen molar-refractivity contribution in [3.8, 4) is 0 Å². The largest absolute Gasteiger partial charge is 0.369 e. The molecule has 1 atom stereocenters. The maximum Gasteiger partial charge on any atom is 0.231 e. The Balaban J connectivity index is 1.46. The first kappa shape index (κ1) is 22.5. The van der Waals surface area contributed by atoms with Crippen LogP contribution in [0.5, 0.6) is 0 Å². The number of benzene rings is 1. The van der Waals surface area contributed by atoms with Crippen molar-refractivity contribution in [1.82, 2.24) is 14.6 Å². The molecule has 7 heteroatoms. The molecule has 2 aliphatic carbocycles. The Morgan fingerprint density at radius 1 is 1.18 bits per heavy atom. The number of aromatic nitrogens is 1. The molecule has 0 radical (unpaired) electrons. The molecule has 0 spiro atoms. The number of piperazine rings is 1. The number of hydrogen-bond acceptors (Lipinski definition) is 6. The Morgan fingerprint density at radius 3 is 2.58 bits per heavy atom. The van der Waals surface area contributed by atoms with Gasteiger partial charge in [0.2, 0.25) is 5.91 Å². The fourth-order valence-corrected chi connectivity index (χ4v) is 5.39. The highest BCUT2D eigenvalue weighted by molar-refractivity contribution is 7.97. The van der Waals surface area contributed by atoms with Crippen LogP contribution in [-0.4, -0.2) is 47.0 Å². The summed E-state index contributed by atoms with van der Waals surface area (Å²) in [6, 6.07) is 8.89. The van der Waals surface area contributed by atoms with Crippen LogP contribution < -0.4 is 14.9 Å². The molecule has 0 bridgehead atoms. The van der Waals surface area contributed by atoms with E-state index in [1.807, 2.05) is 13.0 Å². The fourth-order valence-electron chi connectivity index (χ4n) is 4.48. The molecule has 2 saturated carbocycles. The molecule has 1 amide bonds. The standard InChI is InChI=1S/C26H35N5OS/c1-17(2)31-13-12-30(16-18(31)3)22-15-19(33-29-26(5)10-11-26)14-21-20(22)6-7-23(27-21)28-24(32)25(4)8-9-25/h6-7,14-15,18,29H,1,8-13,16H2,2-5H3,(H,27,28,32)/t18-/m0/s1. The minimum atomic E-state index is -0.220. The Kier molecular flexibility index (Phi) is 5.60. The predicted octanol–water partition coefficient (Wildman–Crippen LogP) is 5.17. The number of amides is 1. The summed E-state index contributed by atoms with van der Waals surface area (Å²) in [7, 11) is 0. The summed E-state index contributed by atoms with van der Waals surface area (Å²) in [6.45, 7) is 15.6. The summed E-state index contributed by atoms with van der Waals surface area (Å²) in [5, 5.41) is 4.17. The van der Waals surface area contributed by atoms with Gasteiger partial charge in [0, 0.05) is 58.3 Å². The molecule has 3 aliphatic rings. The SMILES string of the molecule is C=C(C)N1CCN(c2cc(SNC3(C)CC3)cc3nc(NC(=O)C4(C)CC4)ccc23)C[C@@H]1C. The van der Waals surface area contributed by atoms with E-state index in [9.17, 15) is 4.79 Å². The van der Waals surface area contributed by atoms with Crippen molar-refractivity contribution in [2.45, 2.75) is 69.9 Å². The van der Waals surface area contributed by atoms with Gasteiger partial charge in [-0.1, -0.05) is 13.5 Å². The van der Waals surface area contributed by atoms with Gasteiger partial charge >= 0.3 is 0 Å². The monoisotopic (exact) mass is 465 g/mol. The number of anilines is 2. The number of nitrogens with zero attached hydrogens (tertiary/aromatic N) is 3. The van der Waals surface area contributed by atoms with E-state index < -0.39 is 0 Å². The van der Waals surface area contributed by atoms with E-state index in [0.717, 1.165) is 54.0 Å². The maximum absolute atomic E-state index is 12.6. The van der Waals surface area contributed by atoms with E-state index in [1.54, 1.807) is 11.9 Å². The van der Waals surface area contributed by atoms with E-state index in [1.165, 1.54) is 18.5 Å². The van der Waals surface area contributed by atoms with Gasteiger partial charge in [-0.3, -0.25) is 9.52 Å². The number of carbonyl (C=O) groups is 1. The molecule has 2 heterocycles. The lowest BCUT2D eigenvalue weighted by Gasteiger charge is -2.42. The third-order valence-electron chi connectivity index (χ3n) is 7.42. The minimum absolute atomic E-state index is 0.0770. The van der Waals surface area contributed by atoms with Gasteiger partial charge in [-0.15, -0.1) is 0 Å². The van der Waals surface area contributed by atoms with Crippen LogP contribution in [0, 0.1) is 5.41 Å². The van der Waals surface area contributed by atoms with Crippen molar-refractivity contribution in [3.63, 3.8) is 0 Å². The first-order valence-electron chi connectivity index (χ1n) is 12.0. The van der Waals surface area contributed by atoms with Crippen LogP contribution in [-0.2, 0) is 4.79 Å². The number of fused-ring (bicyclic) bond motifs is 1. The molecule has 6 nitrogen and oxygen atoms in total. The van der Waals surface area contributed by atoms with Crippen molar-refractivity contribution in [3.05, 3.63) is 36.5 Å². The molecular weight excluding hydrogens is 430 g/mol. The molecule has 1 aromatic carbocycles. The third-order valence-corrected chi connectivity index (χ3v) is 8.49. The van der Waals surface area contributed by atoms with Gasteiger partial charge in [0.05, 0.1) is 5.52 Å². The molecule has 33 heavy (non-hydrogen) atoms. The summed E-state index contributed by atoms with van der Waals surface area (Å²) in [4.78, 5) is 23.5. The molecule has 176 valence electrons. The van der Waals surface area contributed by atoms with Crippen LogP contribution in [0.2, 0.25) is 0 Å². The van der Waals surface area contributed by atoms with Crippen LogP contribution >= 0.6 is 11.9 Å². The van der Waals surface area contributed by atoms with E-state index in [2.05, 4.69) is 65.4 Å². The Hall–Kier alpha value is -2.25. The van der Waals surface area contributed by atoms with Crippen LogP contribution in [0.3, 0.4) is 0 Å². The van der Waals surface area contributed by atoms with Gasteiger partial charge in [0.15, 0.2) is 0 Å². The number of rotatable bonds is 7. The van der Waals surface area contributed by atoms with Crippen LogP contribution in [0.1, 0.15) is 53.4 Å². The normalized spacial score (nSPS) is 22.8. The maximum atomic E-state index is 12.6. The molecule has 2 aromatic rings. The lowest BCUT2D eigenvalue weighted by atomic mass is 10.1. The molecule has 1 aromatic heterocycles. The highest BCUT2D eigenvalue weighted by Crippen LogP contribution is 2.46. The third kappa shape index (κ3) is 4.71. The number of hydrogen-bond donors (Lipinski definition) is 2. The van der Waals surface area contributed by atoms with E-state index in [0.29, 0.717) is 11.9 Å². The zero-order chi connectivity index (χ0) is 23.4. The summed E-state index contributed by atoms with van der Waals surface area (Å²) in [5.74, 6) is 0.712. The van der Waals surface area contributed by atoms with Crippen molar-refractivity contribution in [1.29, 1.82) is 0 Å². The second kappa shape index (κ2) is 8.20.